The summed E-state index contributed by atoms with van der Waals surface area (Å²) in [6.07, 6.45) is -0.446. The monoisotopic (exact) mass is 315 g/mol. The van der Waals surface area contributed by atoms with E-state index >= 15 is 0 Å². The molecule has 0 saturated heterocycles. The lowest BCUT2D eigenvalue weighted by atomic mass is 10.0. The van der Waals surface area contributed by atoms with Crippen LogP contribution < -0.4 is 4.74 Å². The molecule has 1 unspecified atom stereocenters. The molecule has 0 aliphatic heterocycles. The molecule has 0 aromatic heterocycles. The molecule has 1 rings (SSSR count). The van der Waals surface area contributed by atoms with Gasteiger partial charge in [0.25, 0.3) is 0 Å². The molecule has 0 aliphatic carbocycles. The van der Waals surface area contributed by atoms with E-state index in [1.807, 2.05) is 0 Å². The SMILES string of the molecule is COc1cc(F)cc(F)c1C(C=O)N(C)C(=O)OC(C)(C)C. The number of nitrogens with zero attached hydrogens (tertiary/aromatic N) is 1. The average molecular weight is 315 g/mol. The Balaban J connectivity index is 3.21. The van der Waals surface area contributed by atoms with Gasteiger partial charge < -0.3 is 14.3 Å². The highest BCUT2D eigenvalue weighted by atomic mass is 19.1. The second-order valence-corrected chi connectivity index (χ2v) is 5.68. The third-order valence-electron chi connectivity index (χ3n) is 2.80. The van der Waals surface area contributed by atoms with Gasteiger partial charge in [-0.25, -0.2) is 13.6 Å². The lowest BCUT2D eigenvalue weighted by Gasteiger charge is -2.29. The molecule has 0 saturated carbocycles. The van der Waals surface area contributed by atoms with Crippen molar-refractivity contribution in [3.8, 4) is 5.75 Å². The van der Waals surface area contributed by atoms with E-state index in [1.165, 1.54) is 14.2 Å². The summed E-state index contributed by atoms with van der Waals surface area (Å²) in [5.41, 5.74) is -1.00. The van der Waals surface area contributed by atoms with Crippen LogP contribution >= 0.6 is 0 Å². The van der Waals surface area contributed by atoms with E-state index < -0.39 is 29.4 Å². The highest BCUT2D eigenvalue weighted by molar-refractivity contribution is 5.75. The van der Waals surface area contributed by atoms with E-state index in [0.717, 1.165) is 11.0 Å². The zero-order chi connectivity index (χ0) is 17.1. The summed E-state index contributed by atoms with van der Waals surface area (Å²) in [5, 5.41) is 0. The van der Waals surface area contributed by atoms with Gasteiger partial charge in [0, 0.05) is 19.2 Å². The summed E-state index contributed by atoms with van der Waals surface area (Å²) in [6.45, 7) is 4.98. The topological polar surface area (TPSA) is 55.8 Å². The number of rotatable bonds is 4. The third kappa shape index (κ3) is 4.16. The van der Waals surface area contributed by atoms with Gasteiger partial charge in [-0.1, -0.05) is 0 Å². The number of ether oxygens (including phenoxy) is 2. The number of amides is 1. The fourth-order valence-corrected chi connectivity index (χ4v) is 1.82. The highest BCUT2D eigenvalue weighted by Crippen LogP contribution is 2.31. The maximum Gasteiger partial charge on any atom is 0.410 e. The van der Waals surface area contributed by atoms with Gasteiger partial charge in [-0.05, 0) is 20.8 Å². The number of hydrogen-bond donors (Lipinski definition) is 0. The second kappa shape index (κ2) is 6.72. The number of carbonyl (C=O) groups is 2. The minimum absolute atomic E-state index is 0.162. The molecular formula is C15H19F2NO4. The predicted molar refractivity (Wildman–Crippen MR) is 75.7 cm³/mol. The van der Waals surface area contributed by atoms with E-state index in [1.54, 1.807) is 20.8 Å². The van der Waals surface area contributed by atoms with Crippen molar-refractivity contribution in [3.05, 3.63) is 29.3 Å². The molecule has 0 bridgehead atoms. The van der Waals surface area contributed by atoms with Crippen LogP contribution in [-0.2, 0) is 9.53 Å². The molecule has 0 N–H and O–H groups in total. The number of halogens is 2. The summed E-state index contributed by atoms with van der Waals surface area (Å²) in [7, 11) is 2.50. The zero-order valence-electron chi connectivity index (χ0n) is 13.1. The van der Waals surface area contributed by atoms with E-state index in [0.29, 0.717) is 12.4 Å². The Hall–Kier alpha value is -2.18. The summed E-state index contributed by atoms with van der Waals surface area (Å²) >= 11 is 0. The molecule has 1 amide bonds. The Bertz CT molecular complexity index is 569. The number of methoxy groups -OCH3 is 1. The number of benzene rings is 1. The third-order valence-corrected chi connectivity index (χ3v) is 2.80. The van der Waals surface area contributed by atoms with Crippen LogP contribution in [0.1, 0.15) is 32.4 Å². The smallest absolute Gasteiger partial charge is 0.410 e. The van der Waals surface area contributed by atoms with Gasteiger partial charge >= 0.3 is 6.09 Å². The van der Waals surface area contributed by atoms with Crippen LogP contribution in [0, 0.1) is 11.6 Å². The predicted octanol–water partition coefficient (Wildman–Crippen LogP) is 3.08. The molecule has 1 aromatic carbocycles. The van der Waals surface area contributed by atoms with E-state index in [4.69, 9.17) is 9.47 Å². The number of likely N-dealkylation sites (N-methyl/N-ethyl adjacent to an activating group) is 1. The Morgan fingerprint density at radius 3 is 2.36 bits per heavy atom. The molecule has 0 radical (unpaired) electrons. The Morgan fingerprint density at radius 2 is 1.91 bits per heavy atom. The van der Waals surface area contributed by atoms with Crippen molar-refractivity contribution < 1.29 is 27.8 Å². The van der Waals surface area contributed by atoms with Crippen LogP contribution in [0.5, 0.6) is 5.75 Å². The molecule has 0 spiro atoms. The lowest BCUT2D eigenvalue weighted by Crippen LogP contribution is -2.37. The molecule has 0 heterocycles. The first kappa shape index (κ1) is 17.9. The van der Waals surface area contributed by atoms with Crippen molar-refractivity contribution in [2.75, 3.05) is 14.2 Å². The van der Waals surface area contributed by atoms with Crippen LogP contribution in [0.25, 0.3) is 0 Å². The number of hydrogen-bond acceptors (Lipinski definition) is 4. The quantitative estimate of drug-likeness (QED) is 0.801. The average Bonchev–Trinajstić information content (AvgIpc) is 2.38. The van der Waals surface area contributed by atoms with Gasteiger partial charge in [-0.15, -0.1) is 0 Å². The Labute approximate surface area is 127 Å². The largest absolute Gasteiger partial charge is 0.496 e. The molecule has 5 nitrogen and oxygen atoms in total. The van der Waals surface area contributed by atoms with Gasteiger partial charge in [0.2, 0.25) is 0 Å². The molecule has 1 atom stereocenters. The minimum Gasteiger partial charge on any atom is -0.496 e. The second-order valence-electron chi connectivity index (χ2n) is 5.68. The maximum absolute atomic E-state index is 14.0. The fraction of sp³-hybridized carbons (Fsp3) is 0.467. The first-order valence-corrected chi connectivity index (χ1v) is 6.54. The Kier molecular flexibility index (Phi) is 5.46. The minimum atomic E-state index is -1.30. The van der Waals surface area contributed by atoms with Crippen LogP contribution in [-0.4, -0.2) is 37.0 Å². The van der Waals surface area contributed by atoms with Gasteiger partial charge in [-0.3, -0.25) is 4.90 Å². The molecule has 122 valence electrons. The van der Waals surface area contributed by atoms with Gasteiger partial charge in [-0.2, -0.15) is 0 Å². The maximum atomic E-state index is 14.0. The lowest BCUT2D eigenvalue weighted by molar-refractivity contribution is -0.112. The number of carbonyl (C=O) groups excluding carboxylic acids is 2. The summed E-state index contributed by atoms with van der Waals surface area (Å²) in [4.78, 5) is 24.3. The standard InChI is InChI=1S/C15H19F2NO4/c1-15(2,3)22-14(20)18(4)11(8-19)13-10(17)6-9(16)7-12(13)21-5/h6-8,11H,1-5H3. The van der Waals surface area contributed by atoms with Crippen LogP contribution in [0.3, 0.4) is 0 Å². The van der Waals surface area contributed by atoms with Gasteiger partial charge in [0.1, 0.15) is 35.3 Å². The van der Waals surface area contributed by atoms with Crippen molar-refractivity contribution in [1.82, 2.24) is 4.90 Å². The molecular weight excluding hydrogens is 296 g/mol. The fourth-order valence-electron chi connectivity index (χ4n) is 1.82. The molecule has 7 heteroatoms. The van der Waals surface area contributed by atoms with E-state index in [2.05, 4.69) is 0 Å². The highest BCUT2D eigenvalue weighted by Gasteiger charge is 2.30. The zero-order valence-corrected chi connectivity index (χ0v) is 13.1. The van der Waals surface area contributed by atoms with E-state index in [-0.39, 0.29) is 11.3 Å². The summed E-state index contributed by atoms with van der Waals surface area (Å²) in [6, 6.07) is 0.264. The molecule has 1 aromatic rings. The first-order chi connectivity index (χ1) is 10.1. The van der Waals surface area contributed by atoms with Crippen molar-refractivity contribution in [1.29, 1.82) is 0 Å². The van der Waals surface area contributed by atoms with Crippen molar-refractivity contribution in [2.45, 2.75) is 32.4 Å². The van der Waals surface area contributed by atoms with Crippen LogP contribution in [0.2, 0.25) is 0 Å². The molecule has 0 aliphatic rings. The molecule has 0 fully saturated rings. The first-order valence-electron chi connectivity index (χ1n) is 6.54. The van der Waals surface area contributed by atoms with Crippen molar-refractivity contribution in [2.24, 2.45) is 0 Å². The van der Waals surface area contributed by atoms with Gasteiger partial charge in [0.05, 0.1) is 12.7 Å². The number of aldehydes is 1. The summed E-state index contributed by atoms with van der Waals surface area (Å²) < 4.78 is 37.3. The van der Waals surface area contributed by atoms with Crippen molar-refractivity contribution in [3.63, 3.8) is 0 Å². The van der Waals surface area contributed by atoms with Crippen molar-refractivity contribution >= 4 is 12.4 Å². The summed E-state index contributed by atoms with van der Waals surface area (Å²) in [5.74, 6) is -1.99. The Morgan fingerprint density at radius 1 is 1.32 bits per heavy atom. The molecule has 22 heavy (non-hydrogen) atoms. The van der Waals surface area contributed by atoms with E-state index in [9.17, 15) is 18.4 Å². The van der Waals surface area contributed by atoms with Crippen LogP contribution in [0.4, 0.5) is 13.6 Å². The van der Waals surface area contributed by atoms with Gasteiger partial charge in [0.15, 0.2) is 0 Å². The normalized spacial score (nSPS) is 12.5. The van der Waals surface area contributed by atoms with Crippen LogP contribution in [0.15, 0.2) is 12.1 Å².